The predicted molar refractivity (Wildman–Crippen MR) is 109 cm³/mol. The predicted octanol–water partition coefficient (Wildman–Crippen LogP) is 2.66. The van der Waals surface area contributed by atoms with Crippen LogP contribution in [0.2, 0.25) is 0 Å². The van der Waals surface area contributed by atoms with Crippen LogP contribution < -0.4 is 15.0 Å². The molecule has 0 radical (unpaired) electrons. The minimum Gasteiger partial charge on any atom is -0.497 e. The first kappa shape index (κ1) is 20.6. The first-order valence-corrected chi connectivity index (χ1v) is 8.90. The Bertz CT molecular complexity index is 758. The van der Waals surface area contributed by atoms with Crippen molar-refractivity contribution in [3.63, 3.8) is 0 Å². The molecule has 27 heavy (non-hydrogen) atoms. The standard InChI is InChI=1S/C21H29N3O3/c1-23(2)17-9-6-16(7-10-17)20(25)19-14-18(27-5)11-8-15(19)12-13-22-21(26)24(3)4/h6-11,14,20,25H,12-13H2,1-5H3,(H,22,26). The molecule has 0 saturated carbocycles. The van der Waals surface area contributed by atoms with Gasteiger partial charge in [-0.15, -0.1) is 0 Å². The average Bonchev–Trinajstić information content (AvgIpc) is 2.67. The number of rotatable bonds is 7. The van der Waals surface area contributed by atoms with E-state index in [0.717, 1.165) is 22.4 Å². The Morgan fingerprint density at radius 3 is 2.33 bits per heavy atom. The van der Waals surface area contributed by atoms with Gasteiger partial charge in [-0.2, -0.15) is 0 Å². The van der Waals surface area contributed by atoms with E-state index in [4.69, 9.17) is 4.74 Å². The summed E-state index contributed by atoms with van der Waals surface area (Å²) in [5.41, 5.74) is 3.64. The number of aliphatic hydroxyl groups is 1. The largest absolute Gasteiger partial charge is 0.497 e. The number of aliphatic hydroxyl groups excluding tert-OH is 1. The summed E-state index contributed by atoms with van der Waals surface area (Å²) in [7, 11) is 8.97. The van der Waals surface area contributed by atoms with Crippen molar-refractivity contribution in [1.29, 1.82) is 0 Å². The van der Waals surface area contributed by atoms with Crippen LogP contribution in [0.15, 0.2) is 42.5 Å². The van der Waals surface area contributed by atoms with E-state index < -0.39 is 6.10 Å². The molecule has 0 aliphatic carbocycles. The minimum atomic E-state index is -0.768. The number of benzene rings is 2. The molecule has 0 fully saturated rings. The van der Waals surface area contributed by atoms with Crippen LogP contribution in [-0.4, -0.2) is 57.9 Å². The van der Waals surface area contributed by atoms with Crippen LogP contribution in [-0.2, 0) is 6.42 Å². The van der Waals surface area contributed by atoms with Gasteiger partial charge in [0.1, 0.15) is 11.9 Å². The number of methoxy groups -OCH3 is 1. The number of hydrogen-bond acceptors (Lipinski definition) is 4. The number of amides is 2. The molecule has 0 spiro atoms. The van der Waals surface area contributed by atoms with Gasteiger partial charge >= 0.3 is 6.03 Å². The van der Waals surface area contributed by atoms with Crippen LogP contribution in [0, 0.1) is 0 Å². The molecular formula is C21H29N3O3. The SMILES string of the molecule is COc1ccc(CCNC(=O)N(C)C)c(C(O)c2ccc(N(C)C)cc2)c1. The van der Waals surface area contributed by atoms with E-state index in [2.05, 4.69) is 5.32 Å². The second kappa shape index (κ2) is 9.28. The van der Waals surface area contributed by atoms with Crippen LogP contribution in [0.1, 0.15) is 22.8 Å². The van der Waals surface area contributed by atoms with Gasteiger partial charge in [0.25, 0.3) is 0 Å². The highest BCUT2D eigenvalue weighted by Gasteiger charge is 2.16. The fourth-order valence-corrected chi connectivity index (χ4v) is 2.78. The third-order valence-corrected chi connectivity index (χ3v) is 4.45. The van der Waals surface area contributed by atoms with E-state index >= 15 is 0 Å². The van der Waals surface area contributed by atoms with Gasteiger partial charge in [-0.1, -0.05) is 18.2 Å². The molecule has 2 amide bonds. The normalized spacial score (nSPS) is 11.6. The second-order valence-electron chi connectivity index (χ2n) is 6.83. The van der Waals surface area contributed by atoms with Gasteiger partial charge in [0.2, 0.25) is 0 Å². The summed E-state index contributed by atoms with van der Waals surface area (Å²) in [4.78, 5) is 15.2. The molecule has 2 rings (SSSR count). The maximum Gasteiger partial charge on any atom is 0.316 e. The number of nitrogens with one attached hydrogen (secondary N) is 1. The van der Waals surface area contributed by atoms with Crippen LogP contribution in [0.5, 0.6) is 5.75 Å². The van der Waals surface area contributed by atoms with Crippen molar-refractivity contribution in [3.8, 4) is 5.75 Å². The van der Waals surface area contributed by atoms with Crippen LogP contribution >= 0.6 is 0 Å². The maximum atomic E-state index is 11.7. The number of carbonyl (C=O) groups is 1. The summed E-state index contributed by atoms with van der Waals surface area (Å²) in [6, 6.07) is 13.3. The molecule has 1 unspecified atom stereocenters. The monoisotopic (exact) mass is 371 g/mol. The van der Waals surface area contributed by atoms with Gasteiger partial charge < -0.3 is 25.0 Å². The van der Waals surface area contributed by atoms with Crippen LogP contribution in [0.25, 0.3) is 0 Å². The van der Waals surface area contributed by atoms with Gasteiger partial charge in [-0.3, -0.25) is 0 Å². The van der Waals surface area contributed by atoms with E-state index in [1.807, 2.05) is 61.5 Å². The molecule has 2 aromatic rings. The van der Waals surface area contributed by atoms with E-state index in [9.17, 15) is 9.90 Å². The number of hydrogen-bond donors (Lipinski definition) is 2. The molecule has 0 bridgehead atoms. The highest BCUT2D eigenvalue weighted by Crippen LogP contribution is 2.29. The number of ether oxygens (including phenoxy) is 1. The summed E-state index contributed by atoms with van der Waals surface area (Å²) in [6.07, 6.45) is -0.151. The fourth-order valence-electron chi connectivity index (χ4n) is 2.78. The molecule has 146 valence electrons. The molecule has 1 atom stereocenters. The third kappa shape index (κ3) is 5.37. The molecule has 6 heteroatoms. The number of urea groups is 1. The molecule has 0 saturated heterocycles. The summed E-state index contributed by atoms with van der Waals surface area (Å²) >= 11 is 0. The minimum absolute atomic E-state index is 0.134. The molecule has 0 aromatic heterocycles. The quantitative estimate of drug-likeness (QED) is 0.785. The van der Waals surface area contributed by atoms with E-state index in [1.54, 1.807) is 21.2 Å². The van der Waals surface area contributed by atoms with E-state index in [-0.39, 0.29) is 6.03 Å². The van der Waals surface area contributed by atoms with Crippen LogP contribution in [0.3, 0.4) is 0 Å². The van der Waals surface area contributed by atoms with Crippen molar-refractivity contribution in [2.24, 2.45) is 0 Å². The van der Waals surface area contributed by atoms with Gasteiger partial charge in [-0.25, -0.2) is 4.79 Å². The summed E-state index contributed by atoms with van der Waals surface area (Å²) < 4.78 is 5.33. The number of carbonyl (C=O) groups excluding carboxylic acids is 1. The Hall–Kier alpha value is -2.73. The van der Waals surface area contributed by atoms with Gasteiger partial charge in [-0.05, 0) is 47.4 Å². The van der Waals surface area contributed by atoms with E-state index in [1.165, 1.54) is 4.90 Å². The lowest BCUT2D eigenvalue weighted by Gasteiger charge is -2.19. The highest BCUT2D eigenvalue weighted by atomic mass is 16.5. The Balaban J connectivity index is 2.23. The van der Waals surface area contributed by atoms with Crippen molar-refractivity contribution < 1.29 is 14.6 Å². The van der Waals surface area contributed by atoms with Crippen molar-refractivity contribution in [3.05, 3.63) is 59.2 Å². The molecule has 0 heterocycles. The van der Waals surface area contributed by atoms with E-state index in [0.29, 0.717) is 18.7 Å². The van der Waals surface area contributed by atoms with Crippen molar-refractivity contribution in [2.45, 2.75) is 12.5 Å². The third-order valence-electron chi connectivity index (χ3n) is 4.45. The number of anilines is 1. The first-order valence-electron chi connectivity index (χ1n) is 8.90. The van der Waals surface area contributed by atoms with Crippen molar-refractivity contribution in [1.82, 2.24) is 10.2 Å². The molecule has 2 aromatic carbocycles. The molecule has 6 nitrogen and oxygen atoms in total. The van der Waals surface area contributed by atoms with Crippen molar-refractivity contribution in [2.75, 3.05) is 46.7 Å². The smallest absolute Gasteiger partial charge is 0.316 e. The Kier molecular flexibility index (Phi) is 7.07. The lowest BCUT2D eigenvalue weighted by molar-refractivity contribution is 0.216. The highest BCUT2D eigenvalue weighted by molar-refractivity contribution is 5.73. The van der Waals surface area contributed by atoms with Gasteiger partial charge in [0, 0.05) is 40.4 Å². The molecule has 2 N–H and O–H groups in total. The molecule has 0 aliphatic heterocycles. The maximum absolute atomic E-state index is 11.7. The summed E-state index contributed by atoms with van der Waals surface area (Å²) in [5.74, 6) is 0.690. The van der Waals surface area contributed by atoms with Gasteiger partial charge in [0.05, 0.1) is 7.11 Å². The summed E-state index contributed by atoms with van der Waals surface area (Å²) in [5, 5.41) is 13.8. The Labute approximate surface area is 161 Å². The average molecular weight is 371 g/mol. The lowest BCUT2D eigenvalue weighted by atomic mass is 9.94. The topological polar surface area (TPSA) is 65.0 Å². The van der Waals surface area contributed by atoms with Crippen LogP contribution in [0.4, 0.5) is 10.5 Å². The number of nitrogens with zero attached hydrogens (tertiary/aromatic N) is 2. The fraction of sp³-hybridized carbons (Fsp3) is 0.381. The molecule has 0 aliphatic rings. The lowest BCUT2D eigenvalue weighted by Crippen LogP contribution is -2.35. The Morgan fingerprint density at radius 1 is 1.11 bits per heavy atom. The first-order chi connectivity index (χ1) is 12.8. The second-order valence-corrected chi connectivity index (χ2v) is 6.83. The molecular weight excluding hydrogens is 342 g/mol. The zero-order valence-corrected chi connectivity index (χ0v) is 16.7. The summed E-state index contributed by atoms with van der Waals surface area (Å²) in [6.45, 7) is 0.489. The Morgan fingerprint density at radius 2 is 1.78 bits per heavy atom. The van der Waals surface area contributed by atoms with Gasteiger partial charge in [0.15, 0.2) is 0 Å². The van der Waals surface area contributed by atoms with Crippen molar-refractivity contribution >= 4 is 11.7 Å². The zero-order chi connectivity index (χ0) is 20.0. The zero-order valence-electron chi connectivity index (χ0n) is 16.7.